The Morgan fingerprint density at radius 2 is 2.39 bits per heavy atom. The molecule has 0 radical (unpaired) electrons. The van der Waals surface area contributed by atoms with Gasteiger partial charge in [-0.3, -0.25) is 9.48 Å². The smallest absolute Gasteiger partial charge is 0.229 e. The zero-order valence-electron chi connectivity index (χ0n) is 13.1. The van der Waals surface area contributed by atoms with Crippen molar-refractivity contribution in [2.75, 3.05) is 0 Å². The summed E-state index contributed by atoms with van der Waals surface area (Å²) in [5.41, 5.74) is 1.27. The summed E-state index contributed by atoms with van der Waals surface area (Å²) < 4.78 is 12.5. The third-order valence-electron chi connectivity index (χ3n) is 4.04. The number of hydrogen-bond acceptors (Lipinski definition) is 5. The fraction of sp³-hybridized carbons (Fsp3) is 0.533. The molecule has 0 bridgehead atoms. The van der Waals surface area contributed by atoms with E-state index in [9.17, 15) is 4.79 Å². The highest BCUT2D eigenvalue weighted by molar-refractivity contribution is 6.29. The molecule has 23 heavy (non-hydrogen) atoms. The maximum atomic E-state index is 12.3. The molecule has 2 aromatic heterocycles. The van der Waals surface area contributed by atoms with E-state index in [1.54, 1.807) is 17.8 Å². The molecule has 124 valence electrons. The molecule has 0 spiro atoms. The molecule has 0 aliphatic heterocycles. The van der Waals surface area contributed by atoms with Crippen LogP contribution in [0.2, 0.25) is 5.22 Å². The monoisotopic (exact) mass is 338 g/mol. The summed E-state index contributed by atoms with van der Waals surface area (Å²) in [6, 6.07) is -0.0124. The lowest BCUT2D eigenvalue weighted by molar-refractivity contribution is -0.121. The van der Waals surface area contributed by atoms with Gasteiger partial charge < -0.3 is 14.6 Å². The van der Waals surface area contributed by atoms with Gasteiger partial charge in [-0.25, -0.2) is 0 Å². The Bertz CT molecular complexity index is 677. The van der Waals surface area contributed by atoms with Gasteiger partial charge in [-0.2, -0.15) is 5.10 Å². The van der Waals surface area contributed by atoms with Gasteiger partial charge in [-0.15, -0.1) is 0 Å². The number of hydrogen-bond donors (Lipinski definition) is 1. The molecule has 7 nitrogen and oxygen atoms in total. The van der Waals surface area contributed by atoms with E-state index in [4.69, 9.17) is 20.9 Å². The second-order valence-electron chi connectivity index (χ2n) is 5.81. The number of carbonyl (C=O) groups is 1. The summed E-state index contributed by atoms with van der Waals surface area (Å²) in [7, 11) is 1.84. The quantitative estimate of drug-likeness (QED) is 0.902. The molecule has 0 saturated heterocycles. The molecule has 0 aromatic carbocycles. The molecule has 8 heteroatoms. The lowest BCUT2D eigenvalue weighted by Gasteiger charge is -2.21. The Morgan fingerprint density at radius 3 is 3.04 bits per heavy atom. The lowest BCUT2D eigenvalue weighted by Crippen LogP contribution is -2.43. The molecular formula is C15H19ClN4O3. The molecule has 1 aliphatic carbocycles. The van der Waals surface area contributed by atoms with Crippen LogP contribution in [0.25, 0.3) is 0 Å². The van der Waals surface area contributed by atoms with Gasteiger partial charge >= 0.3 is 0 Å². The minimum absolute atomic E-state index is 0.0124. The summed E-state index contributed by atoms with van der Waals surface area (Å²) in [6.45, 7) is 1.77. The molecule has 3 rings (SSSR count). The number of amides is 1. The fourth-order valence-electron chi connectivity index (χ4n) is 2.84. The van der Waals surface area contributed by atoms with Crippen molar-refractivity contribution in [3.05, 3.63) is 28.9 Å². The van der Waals surface area contributed by atoms with Crippen LogP contribution < -0.4 is 10.1 Å². The van der Waals surface area contributed by atoms with E-state index in [2.05, 4.69) is 15.6 Å². The van der Waals surface area contributed by atoms with Crippen molar-refractivity contribution in [2.24, 2.45) is 7.05 Å². The van der Waals surface area contributed by atoms with Gasteiger partial charge in [0, 0.05) is 12.6 Å². The standard InChI is InChI=1S/C15H19ClN4O3/c1-9-11(15(16)23-19-9)6-14(21)18-12-4-3-5-13(12)22-10-7-17-20(2)8-10/h7-8,12-13H,3-6H2,1-2H3,(H,18,21)/t12-,13+/m0/s1. The zero-order valence-corrected chi connectivity index (χ0v) is 13.8. The van der Waals surface area contributed by atoms with Gasteiger partial charge in [0.25, 0.3) is 0 Å². The summed E-state index contributed by atoms with van der Waals surface area (Å²) in [5, 5.41) is 11.0. The molecule has 1 aliphatic rings. The number of nitrogens with zero attached hydrogens (tertiary/aromatic N) is 3. The van der Waals surface area contributed by atoms with Crippen LogP contribution in [0.4, 0.5) is 0 Å². The van der Waals surface area contributed by atoms with E-state index in [1.807, 2.05) is 13.2 Å². The normalized spacial score (nSPS) is 20.7. The van der Waals surface area contributed by atoms with E-state index in [-0.39, 0.29) is 29.7 Å². The molecule has 2 heterocycles. The van der Waals surface area contributed by atoms with Crippen molar-refractivity contribution < 1.29 is 14.1 Å². The van der Waals surface area contributed by atoms with Crippen molar-refractivity contribution in [3.8, 4) is 5.75 Å². The zero-order chi connectivity index (χ0) is 16.4. The second-order valence-corrected chi connectivity index (χ2v) is 6.15. The summed E-state index contributed by atoms with van der Waals surface area (Å²) in [6.07, 6.45) is 6.43. The SMILES string of the molecule is Cc1noc(Cl)c1CC(=O)N[C@H]1CCC[C@H]1Oc1cnn(C)c1. The van der Waals surface area contributed by atoms with E-state index in [0.717, 1.165) is 25.0 Å². The summed E-state index contributed by atoms with van der Waals surface area (Å²) >= 11 is 5.90. The fourth-order valence-corrected chi connectivity index (χ4v) is 3.08. The van der Waals surface area contributed by atoms with Crippen LogP contribution in [0.1, 0.15) is 30.5 Å². The third-order valence-corrected chi connectivity index (χ3v) is 4.34. The minimum Gasteiger partial charge on any atom is -0.485 e. The van der Waals surface area contributed by atoms with Crippen molar-refractivity contribution in [2.45, 2.75) is 44.8 Å². The molecule has 1 saturated carbocycles. The predicted molar refractivity (Wildman–Crippen MR) is 83.4 cm³/mol. The molecule has 0 unspecified atom stereocenters. The van der Waals surface area contributed by atoms with E-state index in [0.29, 0.717) is 11.3 Å². The molecule has 2 aromatic rings. The Kier molecular flexibility index (Phi) is 4.56. The highest BCUT2D eigenvalue weighted by Crippen LogP contribution is 2.25. The van der Waals surface area contributed by atoms with Crippen LogP contribution in [0.3, 0.4) is 0 Å². The second kappa shape index (κ2) is 6.62. The largest absolute Gasteiger partial charge is 0.485 e. The predicted octanol–water partition coefficient (Wildman–Crippen LogP) is 2.03. The molecule has 2 atom stereocenters. The number of carbonyl (C=O) groups excluding carboxylic acids is 1. The van der Waals surface area contributed by atoms with Crippen LogP contribution in [0, 0.1) is 6.92 Å². The number of aromatic nitrogens is 3. The first-order chi connectivity index (χ1) is 11.0. The van der Waals surface area contributed by atoms with Crippen LogP contribution in [-0.4, -0.2) is 33.0 Å². The Balaban J connectivity index is 1.59. The number of halogens is 1. The summed E-state index contributed by atoms with van der Waals surface area (Å²) in [5.74, 6) is 0.612. The Labute approximate surface area is 138 Å². The van der Waals surface area contributed by atoms with Gasteiger partial charge in [0.2, 0.25) is 11.1 Å². The Hall–Kier alpha value is -2.02. The number of aryl methyl sites for hydroxylation is 2. The first-order valence-corrected chi connectivity index (χ1v) is 7.96. The van der Waals surface area contributed by atoms with Crippen molar-refractivity contribution in [1.29, 1.82) is 0 Å². The van der Waals surface area contributed by atoms with Gasteiger partial charge in [0.1, 0.15) is 6.10 Å². The van der Waals surface area contributed by atoms with Gasteiger partial charge in [0.15, 0.2) is 5.75 Å². The van der Waals surface area contributed by atoms with E-state index >= 15 is 0 Å². The molecule has 1 N–H and O–H groups in total. The van der Waals surface area contributed by atoms with Gasteiger partial charge in [0.05, 0.1) is 30.6 Å². The molecular weight excluding hydrogens is 320 g/mol. The molecule has 1 fully saturated rings. The van der Waals surface area contributed by atoms with Crippen LogP contribution in [0.15, 0.2) is 16.9 Å². The topological polar surface area (TPSA) is 82.2 Å². The average Bonchev–Trinajstić information content (AvgIpc) is 3.18. The summed E-state index contributed by atoms with van der Waals surface area (Å²) in [4.78, 5) is 12.3. The van der Waals surface area contributed by atoms with Crippen molar-refractivity contribution >= 4 is 17.5 Å². The van der Waals surface area contributed by atoms with Gasteiger partial charge in [-0.1, -0.05) is 5.16 Å². The maximum Gasteiger partial charge on any atom is 0.229 e. The third kappa shape index (κ3) is 3.67. The molecule has 1 amide bonds. The first kappa shape index (κ1) is 15.9. The van der Waals surface area contributed by atoms with E-state index < -0.39 is 0 Å². The van der Waals surface area contributed by atoms with Crippen LogP contribution in [0.5, 0.6) is 5.75 Å². The average molecular weight is 339 g/mol. The van der Waals surface area contributed by atoms with Gasteiger partial charge in [-0.05, 0) is 37.8 Å². The Morgan fingerprint density at radius 1 is 1.57 bits per heavy atom. The number of nitrogens with one attached hydrogen (secondary N) is 1. The van der Waals surface area contributed by atoms with E-state index in [1.165, 1.54) is 0 Å². The number of rotatable bonds is 5. The minimum atomic E-state index is -0.107. The highest BCUT2D eigenvalue weighted by Gasteiger charge is 2.31. The van der Waals surface area contributed by atoms with Crippen LogP contribution in [-0.2, 0) is 18.3 Å². The lowest BCUT2D eigenvalue weighted by atomic mass is 10.1. The van der Waals surface area contributed by atoms with Crippen LogP contribution >= 0.6 is 11.6 Å². The van der Waals surface area contributed by atoms with Crippen molar-refractivity contribution in [1.82, 2.24) is 20.3 Å². The first-order valence-electron chi connectivity index (χ1n) is 7.58. The highest BCUT2D eigenvalue weighted by atomic mass is 35.5. The number of ether oxygens (including phenoxy) is 1. The maximum absolute atomic E-state index is 12.3. The van der Waals surface area contributed by atoms with Crippen molar-refractivity contribution in [3.63, 3.8) is 0 Å².